The van der Waals surface area contributed by atoms with Gasteiger partial charge in [0, 0.05) is 38.4 Å². The van der Waals surface area contributed by atoms with Crippen molar-refractivity contribution < 1.29 is 4.39 Å². The lowest BCUT2D eigenvalue weighted by molar-refractivity contribution is 0.460. The van der Waals surface area contributed by atoms with E-state index in [9.17, 15) is 4.39 Å². The first-order valence-electron chi connectivity index (χ1n) is 10.5. The predicted octanol–water partition coefficient (Wildman–Crippen LogP) is 2.77. The van der Waals surface area contributed by atoms with E-state index in [2.05, 4.69) is 32.7 Å². The van der Waals surface area contributed by atoms with Gasteiger partial charge in [0.2, 0.25) is 0 Å². The first-order chi connectivity index (χ1) is 14.1. The molecular formula is C21H32FN7. The Balaban J connectivity index is 1.57. The van der Waals surface area contributed by atoms with Gasteiger partial charge in [-0.2, -0.15) is 0 Å². The summed E-state index contributed by atoms with van der Waals surface area (Å²) in [4.78, 5) is 6.97. The Labute approximate surface area is 172 Å². The summed E-state index contributed by atoms with van der Waals surface area (Å²) >= 11 is 0. The highest BCUT2D eigenvalue weighted by atomic mass is 19.1. The highest BCUT2D eigenvalue weighted by Crippen LogP contribution is 2.20. The van der Waals surface area contributed by atoms with E-state index in [4.69, 9.17) is 4.99 Å². The predicted molar refractivity (Wildman–Crippen MR) is 115 cm³/mol. The van der Waals surface area contributed by atoms with E-state index >= 15 is 0 Å². The maximum Gasteiger partial charge on any atom is 0.191 e. The lowest BCUT2D eigenvalue weighted by Crippen LogP contribution is -2.49. The van der Waals surface area contributed by atoms with Crippen molar-refractivity contribution in [2.24, 2.45) is 12.0 Å². The number of unbranched alkanes of at least 4 members (excludes halogenated alkanes) is 1. The summed E-state index contributed by atoms with van der Waals surface area (Å²) in [7, 11) is 1.96. The standard InChI is InChI=1S/C21H32FN7/c1-4-5-11-23-21(24-15-20-27-26-16(2)28(20)3)25-18-9-12-29(13-10-18)19-8-6-7-17(22)14-19/h6-8,14,18H,4-5,9-13,15H2,1-3H3,(H2,23,24,25). The summed E-state index contributed by atoms with van der Waals surface area (Å²) < 4.78 is 15.5. The molecule has 1 aromatic carbocycles. The van der Waals surface area contributed by atoms with Crippen molar-refractivity contribution in [3.8, 4) is 0 Å². The number of aromatic nitrogens is 3. The lowest BCUT2D eigenvalue weighted by atomic mass is 10.0. The maximum atomic E-state index is 13.5. The molecule has 1 aliphatic rings. The minimum atomic E-state index is -0.184. The third-order valence-corrected chi connectivity index (χ3v) is 5.39. The number of hydrogen-bond donors (Lipinski definition) is 2. The van der Waals surface area contributed by atoms with E-state index in [0.29, 0.717) is 12.6 Å². The average Bonchev–Trinajstić information content (AvgIpc) is 3.04. The van der Waals surface area contributed by atoms with Crippen LogP contribution in [0.4, 0.5) is 10.1 Å². The minimum Gasteiger partial charge on any atom is -0.371 e. The molecule has 7 nitrogen and oxygen atoms in total. The zero-order valence-electron chi connectivity index (χ0n) is 17.7. The lowest BCUT2D eigenvalue weighted by Gasteiger charge is -2.34. The Morgan fingerprint density at radius 1 is 1.28 bits per heavy atom. The molecule has 1 aromatic heterocycles. The van der Waals surface area contributed by atoms with Crippen molar-refractivity contribution in [1.82, 2.24) is 25.4 Å². The van der Waals surface area contributed by atoms with Gasteiger partial charge in [-0.15, -0.1) is 10.2 Å². The summed E-state index contributed by atoms with van der Waals surface area (Å²) in [6.07, 6.45) is 4.19. The minimum absolute atomic E-state index is 0.184. The molecule has 8 heteroatoms. The maximum absolute atomic E-state index is 13.5. The number of piperidine rings is 1. The quantitative estimate of drug-likeness (QED) is 0.424. The SMILES string of the molecule is CCCCNC(=NCc1nnc(C)n1C)NC1CCN(c2cccc(F)c2)CC1. The number of halogens is 1. The van der Waals surface area contributed by atoms with Crippen molar-refractivity contribution in [3.05, 3.63) is 41.7 Å². The van der Waals surface area contributed by atoms with Gasteiger partial charge >= 0.3 is 0 Å². The average molecular weight is 402 g/mol. The number of guanidine groups is 1. The number of nitrogens with zero attached hydrogens (tertiary/aromatic N) is 5. The van der Waals surface area contributed by atoms with Crippen LogP contribution in [-0.2, 0) is 13.6 Å². The molecule has 0 aliphatic carbocycles. The second-order valence-electron chi connectivity index (χ2n) is 7.55. The zero-order chi connectivity index (χ0) is 20.6. The summed E-state index contributed by atoms with van der Waals surface area (Å²) in [6, 6.07) is 7.18. The largest absolute Gasteiger partial charge is 0.371 e. The van der Waals surface area contributed by atoms with E-state index in [1.807, 2.05) is 24.6 Å². The Hall–Kier alpha value is -2.64. The second kappa shape index (κ2) is 10.2. The van der Waals surface area contributed by atoms with Gasteiger partial charge in [-0.05, 0) is 44.4 Å². The summed E-state index contributed by atoms with van der Waals surface area (Å²) in [6.45, 7) is 7.28. The smallest absolute Gasteiger partial charge is 0.191 e. The molecule has 1 fully saturated rings. The first kappa shape index (κ1) is 21.1. The Morgan fingerprint density at radius 3 is 2.72 bits per heavy atom. The highest BCUT2D eigenvalue weighted by Gasteiger charge is 2.20. The van der Waals surface area contributed by atoms with Crippen LogP contribution in [0.3, 0.4) is 0 Å². The molecule has 3 rings (SSSR count). The van der Waals surface area contributed by atoms with Crippen LogP contribution in [0.25, 0.3) is 0 Å². The third-order valence-electron chi connectivity index (χ3n) is 5.39. The molecule has 0 amide bonds. The fourth-order valence-corrected chi connectivity index (χ4v) is 3.42. The van der Waals surface area contributed by atoms with E-state index in [1.54, 1.807) is 12.1 Å². The molecule has 0 saturated carbocycles. The second-order valence-corrected chi connectivity index (χ2v) is 7.55. The molecule has 2 N–H and O–H groups in total. The summed E-state index contributed by atoms with van der Waals surface area (Å²) in [5.41, 5.74) is 0.955. The van der Waals surface area contributed by atoms with Crippen molar-refractivity contribution in [2.45, 2.75) is 52.1 Å². The number of aryl methyl sites for hydroxylation is 1. The molecule has 2 aromatic rings. The van der Waals surface area contributed by atoms with Crippen LogP contribution in [-0.4, -0.2) is 46.4 Å². The molecular weight excluding hydrogens is 369 g/mol. The number of rotatable bonds is 7. The molecule has 1 saturated heterocycles. The molecule has 1 aliphatic heterocycles. The van der Waals surface area contributed by atoms with Crippen LogP contribution in [0.15, 0.2) is 29.3 Å². The van der Waals surface area contributed by atoms with Gasteiger partial charge in [-0.3, -0.25) is 0 Å². The normalized spacial score (nSPS) is 15.6. The molecule has 0 bridgehead atoms. The van der Waals surface area contributed by atoms with Crippen molar-refractivity contribution in [2.75, 3.05) is 24.5 Å². The van der Waals surface area contributed by atoms with Gasteiger partial charge in [0.25, 0.3) is 0 Å². The van der Waals surface area contributed by atoms with E-state index in [1.165, 1.54) is 6.07 Å². The van der Waals surface area contributed by atoms with Crippen LogP contribution < -0.4 is 15.5 Å². The Bertz CT molecular complexity index is 809. The molecule has 0 atom stereocenters. The van der Waals surface area contributed by atoms with Crippen LogP contribution >= 0.6 is 0 Å². The van der Waals surface area contributed by atoms with Crippen LogP contribution in [0, 0.1) is 12.7 Å². The number of hydrogen-bond acceptors (Lipinski definition) is 4. The van der Waals surface area contributed by atoms with E-state index < -0.39 is 0 Å². The van der Waals surface area contributed by atoms with Crippen molar-refractivity contribution in [3.63, 3.8) is 0 Å². The molecule has 0 unspecified atom stereocenters. The Kier molecular flexibility index (Phi) is 7.43. The van der Waals surface area contributed by atoms with Crippen LogP contribution in [0.2, 0.25) is 0 Å². The van der Waals surface area contributed by atoms with Gasteiger partial charge in [0.05, 0.1) is 0 Å². The zero-order valence-corrected chi connectivity index (χ0v) is 17.7. The number of benzene rings is 1. The fourth-order valence-electron chi connectivity index (χ4n) is 3.42. The van der Waals surface area contributed by atoms with Gasteiger partial charge in [0.15, 0.2) is 11.8 Å². The van der Waals surface area contributed by atoms with Gasteiger partial charge in [0.1, 0.15) is 18.2 Å². The number of nitrogens with one attached hydrogen (secondary N) is 2. The number of anilines is 1. The molecule has 0 radical (unpaired) electrons. The van der Waals surface area contributed by atoms with Gasteiger partial charge in [-0.25, -0.2) is 9.38 Å². The molecule has 2 heterocycles. The molecule has 0 spiro atoms. The monoisotopic (exact) mass is 401 g/mol. The molecule has 158 valence electrons. The van der Waals surface area contributed by atoms with Gasteiger partial charge in [-0.1, -0.05) is 19.4 Å². The van der Waals surface area contributed by atoms with Gasteiger partial charge < -0.3 is 20.1 Å². The van der Waals surface area contributed by atoms with Crippen molar-refractivity contribution in [1.29, 1.82) is 0 Å². The number of aliphatic imine (C=N–C) groups is 1. The fraction of sp³-hybridized carbons (Fsp3) is 0.571. The first-order valence-corrected chi connectivity index (χ1v) is 10.5. The third kappa shape index (κ3) is 5.92. The summed E-state index contributed by atoms with van der Waals surface area (Å²) in [5, 5.41) is 15.3. The van der Waals surface area contributed by atoms with Crippen molar-refractivity contribution >= 4 is 11.6 Å². The summed E-state index contributed by atoms with van der Waals surface area (Å²) in [5.74, 6) is 2.37. The van der Waals surface area contributed by atoms with Crippen LogP contribution in [0.1, 0.15) is 44.3 Å². The Morgan fingerprint density at radius 2 is 2.07 bits per heavy atom. The van der Waals surface area contributed by atoms with Crippen LogP contribution in [0.5, 0.6) is 0 Å². The molecule has 29 heavy (non-hydrogen) atoms. The van der Waals surface area contributed by atoms with E-state index in [-0.39, 0.29) is 5.82 Å². The van der Waals surface area contributed by atoms with E-state index in [0.717, 1.165) is 68.6 Å². The highest BCUT2D eigenvalue weighted by molar-refractivity contribution is 5.80. The topological polar surface area (TPSA) is 70.4 Å².